The minimum absolute atomic E-state index is 0.0709. The molecule has 0 amide bonds. The highest BCUT2D eigenvalue weighted by atomic mass is 79.9. The molecule has 1 saturated carbocycles. The summed E-state index contributed by atoms with van der Waals surface area (Å²) in [6.07, 6.45) is 0. The highest BCUT2D eigenvalue weighted by molar-refractivity contribution is 9.14. The highest BCUT2D eigenvalue weighted by Gasteiger charge is 2.58. The molecule has 0 spiro atoms. The lowest BCUT2D eigenvalue weighted by molar-refractivity contribution is -0.153. The van der Waals surface area contributed by atoms with Crippen molar-refractivity contribution in [1.29, 1.82) is 0 Å². The van der Waals surface area contributed by atoms with Crippen molar-refractivity contribution < 1.29 is 14.3 Å². The van der Waals surface area contributed by atoms with Gasteiger partial charge in [-0.3, -0.25) is 9.59 Å². The van der Waals surface area contributed by atoms with Crippen LogP contribution in [0.1, 0.15) is 0 Å². The van der Waals surface area contributed by atoms with Gasteiger partial charge in [-0.05, 0) is 0 Å². The van der Waals surface area contributed by atoms with Gasteiger partial charge in [0.25, 0.3) is 0 Å². The molecule has 1 saturated heterocycles. The van der Waals surface area contributed by atoms with Crippen molar-refractivity contribution in [1.82, 2.24) is 0 Å². The molecule has 6 atom stereocenters. The minimum Gasteiger partial charge on any atom is -0.393 e. The molecule has 0 N–H and O–H groups in total. The summed E-state index contributed by atoms with van der Waals surface area (Å²) in [5, 5.41) is 0. The average molecular weight is 470 g/mol. The molecule has 7 heteroatoms. The molecule has 0 aromatic heterocycles. The summed E-state index contributed by atoms with van der Waals surface area (Å²) in [7, 11) is 0. The maximum absolute atomic E-state index is 11.5. The van der Waals surface area contributed by atoms with Crippen molar-refractivity contribution in [2.75, 3.05) is 0 Å². The Kier molecular flexibility index (Phi) is 3.66. The van der Waals surface area contributed by atoms with Gasteiger partial charge in [-0.25, -0.2) is 0 Å². The Morgan fingerprint density at radius 2 is 1.07 bits per heavy atom. The third kappa shape index (κ3) is 1.87. The molecule has 0 aromatic rings. The van der Waals surface area contributed by atoms with E-state index in [0.717, 1.165) is 0 Å². The first kappa shape index (κ1) is 12.5. The molecule has 15 heavy (non-hydrogen) atoms. The van der Waals surface area contributed by atoms with Gasteiger partial charge in [-0.15, -0.1) is 0 Å². The fraction of sp³-hybridized carbons (Fsp3) is 0.750. The van der Waals surface area contributed by atoms with Gasteiger partial charge < -0.3 is 4.74 Å². The van der Waals surface area contributed by atoms with Crippen LogP contribution in [-0.2, 0) is 14.3 Å². The normalized spacial score (nSPS) is 50.1. The summed E-state index contributed by atoms with van der Waals surface area (Å²) >= 11 is 13.9. The zero-order valence-electron chi connectivity index (χ0n) is 7.20. The van der Waals surface area contributed by atoms with Crippen LogP contribution in [-0.4, -0.2) is 31.2 Å². The lowest BCUT2D eigenvalue weighted by Gasteiger charge is -2.37. The Morgan fingerprint density at radius 1 is 0.733 bits per heavy atom. The number of carbonyl (C=O) groups is 2. The average Bonchev–Trinajstić information content (AvgIpc) is 2.47. The lowest BCUT2D eigenvalue weighted by atomic mass is 9.80. The molecule has 84 valence electrons. The van der Waals surface area contributed by atoms with Crippen molar-refractivity contribution >= 4 is 75.7 Å². The van der Waals surface area contributed by atoms with Crippen molar-refractivity contribution in [3.05, 3.63) is 0 Å². The standard InChI is InChI=1S/C8H6Br4O3/c9-3-1-2(8(14)15-7(1)13)4(10)6(12)5(3)11/h1-6H. The Labute approximate surface area is 120 Å². The van der Waals surface area contributed by atoms with Gasteiger partial charge in [-0.1, -0.05) is 63.7 Å². The van der Waals surface area contributed by atoms with E-state index >= 15 is 0 Å². The van der Waals surface area contributed by atoms with Crippen molar-refractivity contribution in [2.24, 2.45) is 11.8 Å². The highest BCUT2D eigenvalue weighted by Crippen LogP contribution is 2.48. The third-order valence-electron chi connectivity index (χ3n) is 2.73. The first-order chi connectivity index (χ1) is 6.95. The molecule has 3 nitrogen and oxygen atoms in total. The van der Waals surface area contributed by atoms with Gasteiger partial charge in [0.2, 0.25) is 0 Å². The van der Waals surface area contributed by atoms with Crippen molar-refractivity contribution in [3.63, 3.8) is 0 Å². The van der Waals surface area contributed by atoms with Gasteiger partial charge >= 0.3 is 11.9 Å². The molecular formula is C8H6Br4O3. The molecule has 0 radical (unpaired) electrons. The first-order valence-corrected chi connectivity index (χ1v) is 7.93. The largest absolute Gasteiger partial charge is 0.393 e. The minimum atomic E-state index is -0.430. The predicted octanol–water partition coefficient (Wildman–Crippen LogP) is 2.37. The van der Waals surface area contributed by atoms with E-state index in [1.807, 2.05) is 0 Å². The molecule has 1 aliphatic heterocycles. The Morgan fingerprint density at radius 3 is 1.40 bits per heavy atom. The van der Waals surface area contributed by atoms with E-state index in [1.165, 1.54) is 0 Å². The number of cyclic esters (lactones) is 2. The number of ether oxygens (including phenoxy) is 1. The molecule has 1 heterocycles. The van der Waals surface area contributed by atoms with Gasteiger partial charge in [0, 0.05) is 19.3 Å². The fourth-order valence-electron chi connectivity index (χ4n) is 1.93. The predicted molar refractivity (Wildman–Crippen MR) is 68.9 cm³/mol. The fourth-order valence-corrected chi connectivity index (χ4v) is 5.81. The van der Waals surface area contributed by atoms with Crippen LogP contribution in [0.5, 0.6) is 0 Å². The lowest BCUT2D eigenvalue weighted by Crippen LogP contribution is -2.50. The molecule has 1 aliphatic carbocycles. The van der Waals surface area contributed by atoms with Gasteiger partial charge in [0.1, 0.15) is 0 Å². The van der Waals surface area contributed by atoms with E-state index in [2.05, 4.69) is 68.5 Å². The van der Waals surface area contributed by atoms with E-state index in [-0.39, 0.29) is 19.3 Å². The maximum Gasteiger partial charge on any atom is 0.318 e. The Bertz CT molecular complexity index is 291. The van der Waals surface area contributed by atoms with Crippen molar-refractivity contribution in [3.8, 4) is 0 Å². The van der Waals surface area contributed by atoms with Crippen LogP contribution >= 0.6 is 63.7 Å². The molecule has 0 aromatic carbocycles. The second kappa shape index (κ2) is 4.38. The number of fused-ring (bicyclic) bond motifs is 1. The smallest absolute Gasteiger partial charge is 0.318 e. The molecule has 2 rings (SSSR count). The van der Waals surface area contributed by atoms with Crippen LogP contribution in [0.15, 0.2) is 0 Å². The number of halogens is 4. The second-order valence-electron chi connectivity index (χ2n) is 3.57. The summed E-state index contributed by atoms with van der Waals surface area (Å²) in [5.41, 5.74) is 0. The summed E-state index contributed by atoms with van der Waals surface area (Å²) in [5.74, 6) is -1.67. The summed E-state index contributed by atoms with van der Waals surface area (Å²) in [6, 6.07) is 0. The third-order valence-corrected chi connectivity index (χ3v) is 9.42. The monoisotopic (exact) mass is 466 g/mol. The van der Waals surface area contributed by atoms with Crippen molar-refractivity contribution in [2.45, 2.75) is 19.3 Å². The molecule has 2 aliphatic rings. The topological polar surface area (TPSA) is 43.4 Å². The van der Waals surface area contributed by atoms with Gasteiger partial charge in [-0.2, -0.15) is 0 Å². The van der Waals surface area contributed by atoms with Crippen LogP contribution in [0.25, 0.3) is 0 Å². The second-order valence-corrected chi connectivity index (χ2v) is 7.80. The molecule has 6 unspecified atom stereocenters. The number of hydrogen-bond acceptors (Lipinski definition) is 3. The number of esters is 2. The maximum atomic E-state index is 11.5. The van der Waals surface area contributed by atoms with Crippen LogP contribution in [0, 0.1) is 11.8 Å². The summed E-state index contributed by atoms with van der Waals surface area (Å²) < 4.78 is 4.67. The number of rotatable bonds is 0. The molecule has 2 fully saturated rings. The van der Waals surface area contributed by atoms with Gasteiger partial charge in [0.05, 0.1) is 11.8 Å². The number of carbonyl (C=O) groups excluding carboxylic acids is 2. The van der Waals surface area contributed by atoms with E-state index in [1.54, 1.807) is 0 Å². The number of alkyl halides is 4. The van der Waals surface area contributed by atoms with Gasteiger partial charge in [0.15, 0.2) is 0 Å². The number of hydrogen-bond donors (Lipinski definition) is 0. The zero-order chi connectivity index (χ0) is 11.3. The van der Waals surface area contributed by atoms with Crippen LogP contribution in [0.3, 0.4) is 0 Å². The summed E-state index contributed by atoms with van der Waals surface area (Å²) in [6.45, 7) is 0. The zero-order valence-corrected chi connectivity index (χ0v) is 13.5. The van der Waals surface area contributed by atoms with E-state index in [0.29, 0.717) is 0 Å². The molecule has 0 bridgehead atoms. The SMILES string of the molecule is O=C1OC(=O)C2C(Br)C(Br)C(Br)C(Br)C12. The van der Waals surface area contributed by atoms with E-state index in [4.69, 9.17) is 0 Å². The van der Waals surface area contributed by atoms with Crippen LogP contribution in [0.4, 0.5) is 0 Å². The quantitative estimate of drug-likeness (QED) is 0.311. The molecular weight excluding hydrogens is 464 g/mol. The first-order valence-electron chi connectivity index (χ1n) is 4.27. The van der Waals surface area contributed by atoms with E-state index in [9.17, 15) is 9.59 Å². The Hall–Kier alpha value is 1.06. The summed E-state index contributed by atoms with van der Waals surface area (Å²) in [4.78, 5) is 22.9. The Balaban J connectivity index is 2.36. The van der Waals surface area contributed by atoms with Crippen LogP contribution in [0.2, 0.25) is 0 Å². The van der Waals surface area contributed by atoms with E-state index < -0.39 is 23.8 Å². The van der Waals surface area contributed by atoms with Crippen LogP contribution < -0.4 is 0 Å².